The zero-order valence-electron chi connectivity index (χ0n) is 10.5. The van der Waals surface area contributed by atoms with E-state index < -0.39 is 0 Å². The topological polar surface area (TPSA) is 53.1 Å². The molecule has 1 aromatic heterocycles. The van der Waals surface area contributed by atoms with Crippen LogP contribution in [0.25, 0.3) is 0 Å². The van der Waals surface area contributed by atoms with E-state index in [4.69, 9.17) is 10.5 Å². The normalized spacial score (nSPS) is 17.8. The van der Waals surface area contributed by atoms with Crippen molar-refractivity contribution in [3.05, 3.63) is 47.3 Å². The SMILES string of the molecule is Cn1cc(COc2ccc3c(c2)CC[C@H]3N)cn1. The van der Waals surface area contributed by atoms with Crippen LogP contribution < -0.4 is 10.5 Å². The predicted octanol–water partition coefficient (Wildman–Crippen LogP) is 1.95. The molecule has 1 atom stereocenters. The quantitative estimate of drug-likeness (QED) is 0.896. The van der Waals surface area contributed by atoms with Gasteiger partial charge in [-0.1, -0.05) is 6.07 Å². The Hall–Kier alpha value is -1.81. The van der Waals surface area contributed by atoms with Gasteiger partial charge in [0.1, 0.15) is 12.4 Å². The lowest BCUT2D eigenvalue weighted by Gasteiger charge is -2.08. The van der Waals surface area contributed by atoms with Crippen molar-refractivity contribution in [2.75, 3.05) is 0 Å². The first-order valence-corrected chi connectivity index (χ1v) is 6.21. The fourth-order valence-electron chi connectivity index (χ4n) is 2.43. The molecule has 0 unspecified atom stereocenters. The van der Waals surface area contributed by atoms with Crippen molar-refractivity contribution in [2.45, 2.75) is 25.5 Å². The first kappa shape index (κ1) is 11.3. The summed E-state index contributed by atoms with van der Waals surface area (Å²) in [6.45, 7) is 0.554. The molecule has 4 heteroatoms. The lowest BCUT2D eigenvalue weighted by molar-refractivity contribution is 0.306. The molecule has 1 aliphatic carbocycles. The van der Waals surface area contributed by atoms with Gasteiger partial charge in [0.25, 0.3) is 0 Å². The molecule has 2 N–H and O–H groups in total. The van der Waals surface area contributed by atoms with E-state index >= 15 is 0 Å². The summed E-state index contributed by atoms with van der Waals surface area (Å²) in [5.41, 5.74) is 9.68. The van der Waals surface area contributed by atoms with Gasteiger partial charge in [0.2, 0.25) is 0 Å². The van der Waals surface area contributed by atoms with Crippen LogP contribution in [0.3, 0.4) is 0 Å². The van der Waals surface area contributed by atoms with Crippen LogP contribution >= 0.6 is 0 Å². The Morgan fingerprint density at radius 1 is 1.50 bits per heavy atom. The highest BCUT2D eigenvalue weighted by atomic mass is 16.5. The van der Waals surface area contributed by atoms with E-state index in [1.54, 1.807) is 4.68 Å². The highest BCUT2D eigenvalue weighted by Gasteiger charge is 2.19. The summed E-state index contributed by atoms with van der Waals surface area (Å²) in [4.78, 5) is 0. The number of ether oxygens (including phenoxy) is 1. The summed E-state index contributed by atoms with van der Waals surface area (Å²) < 4.78 is 7.55. The summed E-state index contributed by atoms with van der Waals surface area (Å²) in [5.74, 6) is 0.909. The van der Waals surface area contributed by atoms with E-state index in [0.717, 1.165) is 24.2 Å². The van der Waals surface area contributed by atoms with Gasteiger partial charge in [0.15, 0.2) is 0 Å². The Balaban J connectivity index is 1.70. The van der Waals surface area contributed by atoms with Crippen LogP contribution in [-0.4, -0.2) is 9.78 Å². The summed E-state index contributed by atoms with van der Waals surface area (Å²) >= 11 is 0. The van der Waals surface area contributed by atoms with Gasteiger partial charge in [0, 0.05) is 24.8 Å². The predicted molar refractivity (Wildman–Crippen MR) is 69.2 cm³/mol. The molecule has 1 aliphatic rings. The minimum absolute atomic E-state index is 0.201. The summed E-state index contributed by atoms with van der Waals surface area (Å²) in [5, 5.41) is 4.12. The molecule has 94 valence electrons. The van der Waals surface area contributed by atoms with Crippen LogP contribution in [0.2, 0.25) is 0 Å². The van der Waals surface area contributed by atoms with Crippen molar-refractivity contribution in [1.82, 2.24) is 9.78 Å². The van der Waals surface area contributed by atoms with Gasteiger partial charge in [-0.2, -0.15) is 5.10 Å². The average Bonchev–Trinajstić information content (AvgIpc) is 2.94. The first-order chi connectivity index (χ1) is 8.72. The van der Waals surface area contributed by atoms with Crippen molar-refractivity contribution in [3.63, 3.8) is 0 Å². The van der Waals surface area contributed by atoms with E-state index in [1.165, 1.54) is 11.1 Å². The van der Waals surface area contributed by atoms with E-state index in [1.807, 2.05) is 25.5 Å². The maximum absolute atomic E-state index is 6.01. The molecule has 1 aromatic carbocycles. The molecule has 1 heterocycles. The Morgan fingerprint density at radius 3 is 3.17 bits per heavy atom. The average molecular weight is 243 g/mol. The number of nitrogens with zero attached hydrogens (tertiary/aromatic N) is 2. The molecule has 0 saturated carbocycles. The molecular formula is C14H17N3O. The fourth-order valence-corrected chi connectivity index (χ4v) is 2.43. The van der Waals surface area contributed by atoms with Crippen molar-refractivity contribution in [3.8, 4) is 5.75 Å². The molecule has 2 aromatic rings. The van der Waals surface area contributed by atoms with Crippen LogP contribution in [0.15, 0.2) is 30.6 Å². The lowest BCUT2D eigenvalue weighted by Crippen LogP contribution is -2.05. The van der Waals surface area contributed by atoms with Gasteiger partial charge < -0.3 is 10.5 Å². The smallest absolute Gasteiger partial charge is 0.120 e. The fraction of sp³-hybridized carbons (Fsp3) is 0.357. The second-order valence-corrected chi connectivity index (χ2v) is 4.82. The molecule has 0 fully saturated rings. The molecule has 3 rings (SSSR count). The Labute approximate surface area is 106 Å². The van der Waals surface area contributed by atoms with Gasteiger partial charge in [-0.25, -0.2) is 0 Å². The zero-order chi connectivity index (χ0) is 12.5. The maximum atomic E-state index is 6.01. The molecule has 0 saturated heterocycles. The molecule has 0 aliphatic heterocycles. The van der Waals surface area contributed by atoms with Crippen LogP contribution in [0.4, 0.5) is 0 Å². The Morgan fingerprint density at radius 2 is 2.39 bits per heavy atom. The van der Waals surface area contributed by atoms with Gasteiger partial charge in [-0.15, -0.1) is 0 Å². The number of rotatable bonds is 3. The molecule has 0 spiro atoms. The Bertz CT molecular complexity index is 562. The highest BCUT2D eigenvalue weighted by Crippen LogP contribution is 2.31. The van der Waals surface area contributed by atoms with Crippen LogP contribution in [0.1, 0.15) is 29.2 Å². The molecule has 0 amide bonds. The van der Waals surface area contributed by atoms with Gasteiger partial charge >= 0.3 is 0 Å². The second kappa shape index (κ2) is 4.46. The number of hydrogen-bond donors (Lipinski definition) is 1. The summed E-state index contributed by atoms with van der Waals surface area (Å²) in [7, 11) is 1.90. The molecule has 0 radical (unpaired) electrons. The van der Waals surface area contributed by atoms with E-state index in [9.17, 15) is 0 Å². The highest BCUT2D eigenvalue weighted by molar-refractivity contribution is 5.40. The van der Waals surface area contributed by atoms with Crippen LogP contribution in [0, 0.1) is 0 Å². The van der Waals surface area contributed by atoms with Crippen LogP contribution in [-0.2, 0) is 20.1 Å². The third kappa shape index (κ3) is 2.11. The van der Waals surface area contributed by atoms with Crippen molar-refractivity contribution in [2.24, 2.45) is 12.8 Å². The number of nitrogens with two attached hydrogens (primary N) is 1. The lowest BCUT2D eigenvalue weighted by atomic mass is 10.1. The molecule has 4 nitrogen and oxygen atoms in total. The second-order valence-electron chi connectivity index (χ2n) is 4.82. The molecular weight excluding hydrogens is 226 g/mol. The Kier molecular flexibility index (Phi) is 2.80. The van der Waals surface area contributed by atoms with Crippen molar-refractivity contribution >= 4 is 0 Å². The van der Waals surface area contributed by atoms with Crippen LogP contribution in [0.5, 0.6) is 5.75 Å². The number of fused-ring (bicyclic) bond motifs is 1. The minimum Gasteiger partial charge on any atom is -0.489 e. The van der Waals surface area contributed by atoms with Crippen molar-refractivity contribution in [1.29, 1.82) is 0 Å². The number of hydrogen-bond acceptors (Lipinski definition) is 3. The minimum atomic E-state index is 0.201. The van der Waals surface area contributed by atoms with Gasteiger partial charge in [-0.05, 0) is 36.1 Å². The van der Waals surface area contributed by atoms with E-state index in [-0.39, 0.29) is 6.04 Å². The monoisotopic (exact) mass is 243 g/mol. The number of aryl methyl sites for hydroxylation is 2. The van der Waals surface area contributed by atoms with E-state index in [2.05, 4.69) is 17.2 Å². The molecule has 0 bridgehead atoms. The summed E-state index contributed by atoms with van der Waals surface area (Å²) in [6, 6.07) is 6.40. The van der Waals surface area contributed by atoms with E-state index in [0.29, 0.717) is 6.61 Å². The largest absolute Gasteiger partial charge is 0.489 e. The summed E-state index contributed by atoms with van der Waals surface area (Å²) in [6.07, 6.45) is 5.88. The van der Waals surface area contributed by atoms with Gasteiger partial charge in [-0.3, -0.25) is 4.68 Å². The number of benzene rings is 1. The zero-order valence-corrected chi connectivity index (χ0v) is 10.5. The van der Waals surface area contributed by atoms with Crippen molar-refractivity contribution < 1.29 is 4.74 Å². The first-order valence-electron chi connectivity index (χ1n) is 6.21. The standard InChI is InChI=1S/C14H17N3O/c1-17-8-10(7-16-17)9-18-12-3-4-13-11(6-12)2-5-14(13)15/h3-4,6-8,14H,2,5,9,15H2,1H3/t14-/m1/s1. The third-order valence-corrected chi connectivity index (χ3v) is 3.40. The third-order valence-electron chi connectivity index (χ3n) is 3.40. The maximum Gasteiger partial charge on any atom is 0.120 e. The number of aromatic nitrogens is 2. The van der Waals surface area contributed by atoms with Gasteiger partial charge in [0.05, 0.1) is 6.20 Å². The molecule has 18 heavy (non-hydrogen) atoms.